The quantitative estimate of drug-likeness (QED) is 0.752. The highest BCUT2D eigenvalue weighted by Crippen LogP contribution is 2.49. The van der Waals surface area contributed by atoms with E-state index >= 15 is 0 Å². The molecule has 0 spiro atoms. The highest BCUT2D eigenvalue weighted by molar-refractivity contribution is 7.71. The molecule has 0 radical (unpaired) electrons. The van der Waals surface area contributed by atoms with Gasteiger partial charge >= 0.3 is 0 Å². The van der Waals surface area contributed by atoms with Crippen molar-refractivity contribution >= 4 is 34.8 Å². The summed E-state index contributed by atoms with van der Waals surface area (Å²) in [5.74, 6) is 1.69. The Hall–Kier alpha value is -1.62. The molecule has 2 aliphatic carbocycles. The number of aromatic nitrogens is 2. The van der Waals surface area contributed by atoms with Gasteiger partial charge in [0.25, 0.3) is 0 Å². The van der Waals surface area contributed by atoms with E-state index in [2.05, 4.69) is 15.3 Å². The predicted molar refractivity (Wildman–Crippen MR) is 81.1 cm³/mol. The highest BCUT2D eigenvalue weighted by Gasteiger charge is 2.45. The molecule has 1 heterocycles. The molecule has 0 atom stereocenters. The molecule has 0 unspecified atom stereocenters. The number of H-pyrrole nitrogens is 2. The lowest BCUT2D eigenvalue weighted by Crippen LogP contribution is -2.26. The summed E-state index contributed by atoms with van der Waals surface area (Å²) in [6, 6.07) is 5.81. The van der Waals surface area contributed by atoms with Crippen LogP contribution in [0.25, 0.3) is 11.0 Å². The van der Waals surface area contributed by atoms with Gasteiger partial charge in [0.15, 0.2) is 4.77 Å². The number of hydrogen-bond donors (Lipinski definition) is 3. The van der Waals surface area contributed by atoms with Gasteiger partial charge in [-0.25, -0.2) is 0 Å². The summed E-state index contributed by atoms with van der Waals surface area (Å²) in [5.41, 5.74) is 2.75. The molecule has 1 aromatic heterocycles. The Bertz CT molecular complexity index is 712. The number of anilines is 1. The van der Waals surface area contributed by atoms with E-state index in [1.54, 1.807) is 0 Å². The zero-order chi connectivity index (χ0) is 13.7. The molecule has 0 bridgehead atoms. The second-order valence-corrected chi connectivity index (χ2v) is 6.44. The first-order valence-electron chi connectivity index (χ1n) is 7.23. The largest absolute Gasteiger partial charge is 0.331 e. The molecule has 0 aliphatic heterocycles. The van der Waals surface area contributed by atoms with Crippen molar-refractivity contribution in [1.29, 1.82) is 0 Å². The lowest BCUT2D eigenvalue weighted by Gasteiger charge is -2.15. The molecular weight excluding hydrogens is 270 g/mol. The van der Waals surface area contributed by atoms with Gasteiger partial charge in [0.2, 0.25) is 5.91 Å². The molecule has 4 rings (SSSR count). The summed E-state index contributed by atoms with van der Waals surface area (Å²) < 4.78 is 0.609. The fourth-order valence-corrected chi connectivity index (χ4v) is 3.28. The van der Waals surface area contributed by atoms with Crippen LogP contribution in [0.5, 0.6) is 0 Å². The zero-order valence-corrected chi connectivity index (χ0v) is 11.9. The summed E-state index contributed by atoms with van der Waals surface area (Å²) in [7, 11) is 0. The van der Waals surface area contributed by atoms with Crippen molar-refractivity contribution in [3.63, 3.8) is 0 Å². The maximum absolute atomic E-state index is 12.5. The number of fused-ring (bicyclic) bond motifs is 1. The minimum absolute atomic E-state index is 0.198. The Balaban J connectivity index is 1.56. The molecule has 4 nitrogen and oxygen atoms in total. The van der Waals surface area contributed by atoms with Crippen molar-refractivity contribution in [2.24, 2.45) is 17.8 Å². The second-order valence-electron chi connectivity index (χ2n) is 6.03. The average Bonchev–Trinajstić information content (AvgIpc) is 3.30. The number of rotatable bonds is 4. The summed E-state index contributed by atoms with van der Waals surface area (Å²) in [5, 5.41) is 3.08. The number of aromatic amines is 2. The Morgan fingerprint density at radius 2 is 1.80 bits per heavy atom. The zero-order valence-electron chi connectivity index (χ0n) is 11.1. The number of hydrogen-bond acceptors (Lipinski definition) is 2. The molecule has 2 aromatic rings. The summed E-state index contributed by atoms with van der Waals surface area (Å²) in [6.07, 6.45) is 4.88. The Morgan fingerprint density at radius 1 is 1.15 bits per heavy atom. The Kier molecular flexibility index (Phi) is 2.70. The number of carbonyl (C=O) groups excluding carboxylic acids is 1. The van der Waals surface area contributed by atoms with Crippen LogP contribution in [0.1, 0.15) is 25.7 Å². The van der Waals surface area contributed by atoms with Crippen LogP contribution >= 0.6 is 12.2 Å². The molecule has 20 heavy (non-hydrogen) atoms. The van der Waals surface area contributed by atoms with Crippen LogP contribution in [0.15, 0.2) is 18.2 Å². The molecule has 1 aromatic carbocycles. The highest BCUT2D eigenvalue weighted by atomic mass is 32.1. The van der Waals surface area contributed by atoms with Gasteiger partial charge in [-0.05, 0) is 67.9 Å². The Morgan fingerprint density at radius 3 is 2.45 bits per heavy atom. The third kappa shape index (κ3) is 2.26. The summed E-state index contributed by atoms with van der Waals surface area (Å²) in [6.45, 7) is 0. The van der Waals surface area contributed by atoms with E-state index in [0.29, 0.717) is 16.6 Å². The van der Waals surface area contributed by atoms with Crippen LogP contribution in [0.2, 0.25) is 0 Å². The maximum Gasteiger partial charge on any atom is 0.228 e. The first kappa shape index (κ1) is 12.1. The van der Waals surface area contributed by atoms with Gasteiger partial charge in [-0.2, -0.15) is 0 Å². The van der Waals surface area contributed by atoms with Crippen molar-refractivity contribution in [3.05, 3.63) is 23.0 Å². The molecule has 5 heteroatoms. The number of benzene rings is 1. The molecule has 0 saturated heterocycles. The normalized spacial score (nSPS) is 18.6. The van der Waals surface area contributed by atoms with E-state index in [-0.39, 0.29) is 11.8 Å². The van der Waals surface area contributed by atoms with Crippen LogP contribution in [-0.2, 0) is 4.79 Å². The smallest absolute Gasteiger partial charge is 0.228 e. The van der Waals surface area contributed by atoms with Crippen LogP contribution in [-0.4, -0.2) is 15.9 Å². The van der Waals surface area contributed by atoms with E-state index in [4.69, 9.17) is 12.2 Å². The van der Waals surface area contributed by atoms with Gasteiger partial charge < -0.3 is 15.3 Å². The third-order valence-electron chi connectivity index (χ3n) is 4.35. The number of carbonyl (C=O) groups is 1. The average molecular weight is 287 g/mol. The topological polar surface area (TPSA) is 60.7 Å². The van der Waals surface area contributed by atoms with E-state index in [1.807, 2.05) is 18.2 Å². The van der Waals surface area contributed by atoms with E-state index in [1.165, 1.54) is 25.7 Å². The number of amides is 1. The molecule has 2 fully saturated rings. The van der Waals surface area contributed by atoms with Crippen molar-refractivity contribution in [3.8, 4) is 0 Å². The van der Waals surface area contributed by atoms with Crippen LogP contribution in [0, 0.1) is 22.5 Å². The fourth-order valence-electron chi connectivity index (χ4n) is 3.06. The van der Waals surface area contributed by atoms with Gasteiger partial charge in [-0.15, -0.1) is 0 Å². The van der Waals surface area contributed by atoms with Gasteiger partial charge in [0, 0.05) is 11.6 Å². The lowest BCUT2D eigenvalue weighted by molar-refractivity contribution is -0.121. The van der Waals surface area contributed by atoms with Crippen molar-refractivity contribution in [2.75, 3.05) is 5.32 Å². The van der Waals surface area contributed by atoms with E-state index in [9.17, 15) is 4.79 Å². The van der Waals surface area contributed by atoms with E-state index < -0.39 is 0 Å². The number of nitrogens with one attached hydrogen (secondary N) is 3. The molecule has 2 saturated carbocycles. The van der Waals surface area contributed by atoms with Crippen molar-refractivity contribution in [2.45, 2.75) is 25.7 Å². The van der Waals surface area contributed by atoms with E-state index in [0.717, 1.165) is 16.7 Å². The summed E-state index contributed by atoms with van der Waals surface area (Å²) in [4.78, 5) is 18.6. The van der Waals surface area contributed by atoms with Gasteiger partial charge in [-0.1, -0.05) is 0 Å². The minimum atomic E-state index is 0.198. The predicted octanol–water partition coefficient (Wildman–Crippen LogP) is 3.60. The standard InChI is InChI=1S/C15H17N3OS/c19-14(13(8-1-2-8)9-3-4-9)16-10-5-6-11-12(7-10)18-15(20)17-11/h5-9,13H,1-4H2,(H,16,19)(H2,17,18,20). The van der Waals surface area contributed by atoms with Gasteiger partial charge in [0.05, 0.1) is 11.0 Å². The second kappa shape index (κ2) is 4.45. The summed E-state index contributed by atoms with van der Waals surface area (Å²) >= 11 is 5.07. The maximum atomic E-state index is 12.5. The van der Waals surface area contributed by atoms with Crippen LogP contribution in [0.4, 0.5) is 5.69 Å². The SMILES string of the molecule is O=C(Nc1ccc2[nH]c(=S)[nH]c2c1)C(C1CC1)C1CC1. The molecule has 1 amide bonds. The third-order valence-corrected chi connectivity index (χ3v) is 4.55. The van der Waals surface area contributed by atoms with Crippen molar-refractivity contribution in [1.82, 2.24) is 9.97 Å². The monoisotopic (exact) mass is 287 g/mol. The molecule has 3 N–H and O–H groups in total. The van der Waals surface area contributed by atoms with Crippen LogP contribution < -0.4 is 5.32 Å². The molecule has 104 valence electrons. The van der Waals surface area contributed by atoms with Gasteiger partial charge in [-0.3, -0.25) is 4.79 Å². The van der Waals surface area contributed by atoms with Gasteiger partial charge in [0.1, 0.15) is 0 Å². The van der Waals surface area contributed by atoms with Crippen molar-refractivity contribution < 1.29 is 4.79 Å². The number of imidazole rings is 1. The lowest BCUT2D eigenvalue weighted by atomic mass is 9.97. The first-order chi connectivity index (χ1) is 9.70. The van der Waals surface area contributed by atoms with Crippen LogP contribution in [0.3, 0.4) is 0 Å². The first-order valence-corrected chi connectivity index (χ1v) is 7.64. The minimum Gasteiger partial charge on any atom is -0.331 e. The molecular formula is C15H17N3OS. The fraction of sp³-hybridized carbons (Fsp3) is 0.467. The Labute approximate surface area is 122 Å². The molecule has 2 aliphatic rings.